The summed E-state index contributed by atoms with van der Waals surface area (Å²) in [6.45, 7) is 1.90. The molecule has 100 valence electrons. The Balaban J connectivity index is 2.25. The van der Waals surface area contributed by atoms with Crippen molar-refractivity contribution in [2.75, 3.05) is 0 Å². The van der Waals surface area contributed by atoms with Gasteiger partial charge in [-0.1, -0.05) is 35.3 Å². The minimum atomic E-state index is -0.721. The van der Waals surface area contributed by atoms with Crippen LogP contribution in [0.5, 0.6) is 0 Å². The molecule has 1 atom stereocenters. The standard InChI is InChI=1S/C15H13Cl2FO/c1-9-2-4-11(16)7-13(9)15(19)6-10-3-5-12(18)8-14(10)17/h2-5,7-8,15,19H,6H2,1H3. The lowest BCUT2D eigenvalue weighted by atomic mass is 9.98. The predicted octanol–water partition coefficient (Wildman–Crippen LogP) is 4.72. The first-order valence-electron chi connectivity index (χ1n) is 5.85. The molecule has 0 saturated heterocycles. The predicted molar refractivity (Wildman–Crippen MR) is 76.3 cm³/mol. The van der Waals surface area contributed by atoms with E-state index in [0.717, 1.165) is 11.1 Å². The number of aryl methyl sites for hydroxylation is 1. The number of aliphatic hydroxyl groups excluding tert-OH is 1. The highest BCUT2D eigenvalue weighted by molar-refractivity contribution is 6.31. The molecule has 0 aliphatic rings. The average Bonchev–Trinajstić information content (AvgIpc) is 2.35. The minimum absolute atomic E-state index is 0.318. The van der Waals surface area contributed by atoms with Gasteiger partial charge in [-0.05, 0) is 47.9 Å². The van der Waals surface area contributed by atoms with Crippen LogP contribution in [0.2, 0.25) is 10.0 Å². The second-order valence-electron chi connectivity index (χ2n) is 4.46. The number of hydrogen-bond donors (Lipinski definition) is 1. The maximum atomic E-state index is 13.0. The summed E-state index contributed by atoms with van der Waals surface area (Å²) in [7, 11) is 0. The lowest BCUT2D eigenvalue weighted by Crippen LogP contribution is -2.04. The quantitative estimate of drug-likeness (QED) is 0.869. The van der Waals surface area contributed by atoms with Crippen molar-refractivity contribution in [2.45, 2.75) is 19.4 Å². The summed E-state index contributed by atoms with van der Waals surface area (Å²) in [5, 5.41) is 11.2. The van der Waals surface area contributed by atoms with Gasteiger partial charge in [0.1, 0.15) is 5.82 Å². The van der Waals surface area contributed by atoms with Gasteiger partial charge in [0.2, 0.25) is 0 Å². The van der Waals surface area contributed by atoms with Crippen LogP contribution in [0, 0.1) is 12.7 Å². The molecule has 1 unspecified atom stereocenters. The molecule has 0 spiro atoms. The molecule has 0 radical (unpaired) electrons. The van der Waals surface area contributed by atoms with Crippen LogP contribution in [0.15, 0.2) is 36.4 Å². The first-order chi connectivity index (χ1) is 8.97. The molecule has 0 aliphatic carbocycles. The van der Waals surface area contributed by atoms with E-state index in [9.17, 15) is 9.50 Å². The molecule has 2 aromatic carbocycles. The van der Waals surface area contributed by atoms with E-state index < -0.39 is 6.10 Å². The molecular weight excluding hydrogens is 286 g/mol. The molecule has 0 heterocycles. The van der Waals surface area contributed by atoms with Gasteiger partial charge in [-0.25, -0.2) is 4.39 Å². The zero-order valence-electron chi connectivity index (χ0n) is 10.3. The van der Waals surface area contributed by atoms with E-state index in [0.29, 0.717) is 22.0 Å². The molecule has 0 saturated carbocycles. The second kappa shape index (κ2) is 5.91. The highest BCUT2D eigenvalue weighted by atomic mass is 35.5. The smallest absolute Gasteiger partial charge is 0.124 e. The molecule has 0 amide bonds. The summed E-state index contributed by atoms with van der Waals surface area (Å²) in [6.07, 6.45) is -0.401. The number of aliphatic hydroxyl groups is 1. The van der Waals surface area contributed by atoms with Gasteiger partial charge >= 0.3 is 0 Å². The normalized spacial score (nSPS) is 12.5. The molecular formula is C15H13Cl2FO. The maximum absolute atomic E-state index is 13.0. The number of benzene rings is 2. The van der Waals surface area contributed by atoms with Crippen LogP contribution >= 0.6 is 23.2 Å². The van der Waals surface area contributed by atoms with Crippen molar-refractivity contribution in [3.8, 4) is 0 Å². The third kappa shape index (κ3) is 3.47. The van der Waals surface area contributed by atoms with Gasteiger partial charge in [0.15, 0.2) is 0 Å². The van der Waals surface area contributed by atoms with Gasteiger partial charge in [-0.15, -0.1) is 0 Å². The van der Waals surface area contributed by atoms with E-state index in [1.807, 2.05) is 13.0 Å². The molecule has 4 heteroatoms. The van der Waals surface area contributed by atoms with Crippen molar-refractivity contribution in [1.82, 2.24) is 0 Å². The van der Waals surface area contributed by atoms with Crippen LogP contribution in [0.4, 0.5) is 4.39 Å². The lowest BCUT2D eigenvalue weighted by molar-refractivity contribution is 0.177. The summed E-state index contributed by atoms with van der Waals surface area (Å²) in [6, 6.07) is 9.53. The van der Waals surface area contributed by atoms with E-state index in [1.165, 1.54) is 12.1 Å². The third-order valence-electron chi connectivity index (χ3n) is 3.03. The summed E-state index contributed by atoms with van der Waals surface area (Å²) in [4.78, 5) is 0. The van der Waals surface area contributed by atoms with Gasteiger partial charge in [0.05, 0.1) is 6.10 Å². The first kappa shape index (κ1) is 14.3. The Kier molecular flexibility index (Phi) is 4.46. The molecule has 19 heavy (non-hydrogen) atoms. The van der Waals surface area contributed by atoms with Crippen molar-refractivity contribution in [2.24, 2.45) is 0 Å². The minimum Gasteiger partial charge on any atom is -0.388 e. The molecule has 0 bridgehead atoms. The van der Waals surface area contributed by atoms with Gasteiger partial charge in [-0.2, -0.15) is 0 Å². The fraction of sp³-hybridized carbons (Fsp3) is 0.200. The van der Waals surface area contributed by atoms with E-state index in [4.69, 9.17) is 23.2 Å². The Morgan fingerprint density at radius 1 is 1.16 bits per heavy atom. The fourth-order valence-electron chi connectivity index (χ4n) is 1.98. The second-order valence-corrected chi connectivity index (χ2v) is 5.30. The van der Waals surface area contributed by atoms with Gasteiger partial charge in [-0.3, -0.25) is 0 Å². The first-order valence-corrected chi connectivity index (χ1v) is 6.61. The van der Waals surface area contributed by atoms with Gasteiger partial charge in [0.25, 0.3) is 0 Å². The fourth-order valence-corrected chi connectivity index (χ4v) is 2.40. The van der Waals surface area contributed by atoms with Crippen molar-refractivity contribution >= 4 is 23.2 Å². The maximum Gasteiger partial charge on any atom is 0.124 e. The zero-order valence-corrected chi connectivity index (χ0v) is 11.8. The highest BCUT2D eigenvalue weighted by Crippen LogP contribution is 2.27. The topological polar surface area (TPSA) is 20.2 Å². The highest BCUT2D eigenvalue weighted by Gasteiger charge is 2.14. The van der Waals surface area contributed by atoms with E-state index in [1.54, 1.807) is 18.2 Å². The van der Waals surface area contributed by atoms with Crippen LogP contribution in [0.25, 0.3) is 0 Å². The van der Waals surface area contributed by atoms with Gasteiger partial charge in [0, 0.05) is 16.5 Å². The van der Waals surface area contributed by atoms with E-state index in [-0.39, 0.29) is 5.82 Å². The summed E-state index contributed by atoms with van der Waals surface area (Å²) in [5.41, 5.74) is 2.41. The molecule has 0 aromatic heterocycles. The Hall–Kier alpha value is -1.09. The lowest BCUT2D eigenvalue weighted by Gasteiger charge is -2.15. The summed E-state index contributed by atoms with van der Waals surface area (Å²) >= 11 is 11.9. The third-order valence-corrected chi connectivity index (χ3v) is 3.62. The van der Waals surface area contributed by atoms with Crippen LogP contribution in [-0.4, -0.2) is 5.11 Å². The SMILES string of the molecule is Cc1ccc(Cl)cc1C(O)Cc1ccc(F)cc1Cl. The van der Waals surface area contributed by atoms with Crippen LogP contribution < -0.4 is 0 Å². The molecule has 1 nitrogen and oxygen atoms in total. The van der Waals surface area contributed by atoms with Crippen LogP contribution in [0.1, 0.15) is 22.8 Å². The average molecular weight is 299 g/mol. The Morgan fingerprint density at radius 3 is 2.58 bits per heavy atom. The van der Waals surface area contributed by atoms with E-state index in [2.05, 4.69) is 0 Å². The molecule has 2 aromatic rings. The molecule has 2 rings (SSSR count). The largest absolute Gasteiger partial charge is 0.388 e. The molecule has 0 fully saturated rings. The number of halogens is 3. The molecule has 0 aliphatic heterocycles. The van der Waals surface area contributed by atoms with Crippen molar-refractivity contribution < 1.29 is 9.50 Å². The summed E-state index contributed by atoms with van der Waals surface area (Å²) < 4.78 is 13.0. The number of hydrogen-bond acceptors (Lipinski definition) is 1. The zero-order chi connectivity index (χ0) is 14.0. The van der Waals surface area contributed by atoms with Crippen molar-refractivity contribution in [1.29, 1.82) is 0 Å². The van der Waals surface area contributed by atoms with Crippen LogP contribution in [-0.2, 0) is 6.42 Å². The summed E-state index contributed by atoms with van der Waals surface area (Å²) in [5.74, 6) is -0.387. The van der Waals surface area contributed by atoms with Gasteiger partial charge < -0.3 is 5.11 Å². The monoisotopic (exact) mass is 298 g/mol. The molecule has 1 N–H and O–H groups in total. The number of rotatable bonds is 3. The van der Waals surface area contributed by atoms with Crippen LogP contribution in [0.3, 0.4) is 0 Å². The van der Waals surface area contributed by atoms with E-state index >= 15 is 0 Å². The Labute approximate surface area is 121 Å². The Bertz CT molecular complexity index is 599. The Morgan fingerprint density at radius 2 is 1.89 bits per heavy atom. The van der Waals surface area contributed by atoms with Crippen molar-refractivity contribution in [3.05, 3.63) is 69.0 Å². The van der Waals surface area contributed by atoms with Crippen molar-refractivity contribution in [3.63, 3.8) is 0 Å².